The van der Waals surface area contributed by atoms with Crippen molar-refractivity contribution in [2.45, 2.75) is 45.8 Å². The molecule has 1 aliphatic heterocycles. The highest BCUT2D eigenvalue weighted by atomic mass is 28.4. The molecule has 1 N–H and O–H groups in total. The van der Waals surface area contributed by atoms with E-state index in [-0.39, 0.29) is 11.0 Å². The highest BCUT2D eigenvalue weighted by molar-refractivity contribution is 6.74. The minimum Gasteiger partial charge on any atom is -0.465 e. The van der Waals surface area contributed by atoms with Gasteiger partial charge >= 0.3 is 5.97 Å². The van der Waals surface area contributed by atoms with Gasteiger partial charge in [-0.15, -0.1) is 0 Å². The van der Waals surface area contributed by atoms with Crippen molar-refractivity contribution in [2.75, 3.05) is 26.3 Å². The summed E-state index contributed by atoms with van der Waals surface area (Å²) in [6, 6.07) is 0. The summed E-state index contributed by atoms with van der Waals surface area (Å²) < 4.78 is 11.3. The molecule has 4 nitrogen and oxygen atoms in total. The van der Waals surface area contributed by atoms with Crippen molar-refractivity contribution in [1.29, 1.82) is 0 Å². The lowest BCUT2D eigenvalue weighted by atomic mass is 9.83. The number of carbonyl (C=O) groups excluding carboxylic acids is 1. The molecule has 5 heteroatoms. The zero-order valence-electron chi connectivity index (χ0n) is 12.6. The maximum Gasteiger partial charge on any atom is 0.316 e. The van der Waals surface area contributed by atoms with Crippen molar-refractivity contribution in [1.82, 2.24) is 5.32 Å². The van der Waals surface area contributed by atoms with Crippen LogP contribution in [-0.4, -0.2) is 40.6 Å². The summed E-state index contributed by atoms with van der Waals surface area (Å²) in [6.07, 6.45) is 0. The summed E-state index contributed by atoms with van der Waals surface area (Å²) in [4.78, 5) is 12.0. The molecule has 0 bridgehead atoms. The van der Waals surface area contributed by atoms with Crippen LogP contribution >= 0.6 is 0 Å². The van der Waals surface area contributed by atoms with Gasteiger partial charge in [-0.3, -0.25) is 4.79 Å². The molecule has 0 atom stereocenters. The summed E-state index contributed by atoms with van der Waals surface area (Å²) in [5.41, 5.74) is -0.453. The zero-order chi connectivity index (χ0) is 14.0. The third-order valence-electron chi connectivity index (χ3n) is 4.15. The van der Waals surface area contributed by atoms with Crippen LogP contribution in [0, 0.1) is 5.41 Å². The minimum atomic E-state index is -1.80. The molecule has 1 fully saturated rings. The highest BCUT2D eigenvalue weighted by Crippen LogP contribution is 2.38. The monoisotopic (exact) mass is 273 g/mol. The lowest BCUT2D eigenvalue weighted by Gasteiger charge is -2.44. The van der Waals surface area contributed by atoms with E-state index in [2.05, 4.69) is 39.2 Å². The van der Waals surface area contributed by atoms with Gasteiger partial charge in [-0.2, -0.15) is 0 Å². The zero-order valence-corrected chi connectivity index (χ0v) is 13.6. The smallest absolute Gasteiger partial charge is 0.316 e. The van der Waals surface area contributed by atoms with Gasteiger partial charge in [-0.1, -0.05) is 20.8 Å². The molecule has 1 rings (SSSR count). The molecule has 0 aliphatic carbocycles. The van der Waals surface area contributed by atoms with E-state index in [1.54, 1.807) is 0 Å². The van der Waals surface area contributed by atoms with Crippen molar-refractivity contribution < 1.29 is 14.0 Å². The summed E-state index contributed by atoms with van der Waals surface area (Å²) in [5, 5.41) is 3.32. The Morgan fingerprint density at radius 3 is 2.22 bits per heavy atom. The second kappa shape index (κ2) is 5.31. The summed E-state index contributed by atoms with van der Waals surface area (Å²) >= 11 is 0. The third kappa shape index (κ3) is 3.13. The third-order valence-corrected chi connectivity index (χ3v) is 8.63. The van der Waals surface area contributed by atoms with E-state index in [4.69, 9.17) is 9.16 Å². The van der Waals surface area contributed by atoms with Crippen LogP contribution in [0.5, 0.6) is 0 Å². The maximum absolute atomic E-state index is 12.0. The largest absolute Gasteiger partial charge is 0.465 e. The normalized spacial score (nSPS) is 19.2. The number of esters is 1. The van der Waals surface area contributed by atoms with Gasteiger partial charge in [0, 0.05) is 13.1 Å². The van der Waals surface area contributed by atoms with Crippen molar-refractivity contribution in [3.8, 4) is 0 Å². The molecular weight excluding hydrogens is 246 g/mol. The summed E-state index contributed by atoms with van der Waals surface area (Å²) in [5.74, 6) is -0.123. The first-order chi connectivity index (χ1) is 8.15. The summed E-state index contributed by atoms with van der Waals surface area (Å²) in [7, 11) is -1.80. The van der Waals surface area contributed by atoms with Crippen LogP contribution < -0.4 is 5.32 Å². The topological polar surface area (TPSA) is 47.6 Å². The van der Waals surface area contributed by atoms with Crippen LogP contribution in [0.15, 0.2) is 0 Å². The van der Waals surface area contributed by atoms with Gasteiger partial charge < -0.3 is 14.5 Å². The predicted molar refractivity (Wildman–Crippen MR) is 75.1 cm³/mol. The first-order valence-corrected chi connectivity index (χ1v) is 9.57. The molecule has 0 spiro atoms. The second-order valence-corrected chi connectivity index (χ2v) is 11.5. The maximum atomic E-state index is 12.0. The number of nitrogens with one attached hydrogen (secondary N) is 1. The molecule has 0 aromatic carbocycles. The molecule has 0 amide bonds. The van der Waals surface area contributed by atoms with Gasteiger partial charge in [0.25, 0.3) is 0 Å². The molecular formula is C13H27NO3Si. The Balaban J connectivity index is 2.63. The van der Waals surface area contributed by atoms with Crippen molar-refractivity contribution in [2.24, 2.45) is 5.41 Å². The van der Waals surface area contributed by atoms with Gasteiger partial charge in [-0.05, 0) is 25.1 Å². The van der Waals surface area contributed by atoms with Gasteiger partial charge in [-0.25, -0.2) is 0 Å². The standard InChI is InChI=1S/C13H27NO3Si/c1-7-16-11(15)13(8-14-9-13)10-17-18(5,6)12(2,3)4/h14H,7-10H2,1-6H3. The number of ether oxygens (including phenoxy) is 1. The van der Waals surface area contributed by atoms with E-state index >= 15 is 0 Å². The van der Waals surface area contributed by atoms with E-state index in [0.717, 1.165) is 0 Å². The predicted octanol–water partition coefficient (Wildman–Crippen LogP) is 2.16. The Morgan fingerprint density at radius 2 is 1.89 bits per heavy atom. The van der Waals surface area contributed by atoms with Crippen LogP contribution in [0.25, 0.3) is 0 Å². The van der Waals surface area contributed by atoms with Crippen LogP contribution in [0.3, 0.4) is 0 Å². The fourth-order valence-electron chi connectivity index (χ4n) is 1.55. The SMILES string of the molecule is CCOC(=O)C1(CO[Si](C)(C)C(C)(C)C)CNC1. The number of rotatable bonds is 5. The van der Waals surface area contributed by atoms with Crippen molar-refractivity contribution >= 4 is 14.3 Å². The average molecular weight is 273 g/mol. The molecule has 0 aromatic rings. The fraction of sp³-hybridized carbons (Fsp3) is 0.923. The van der Waals surface area contributed by atoms with Gasteiger partial charge in [0.05, 0.1) is 13.2 Å². The first kappa shape index (κ1) is 15.7. The molecule has 1 aliphatic rings. The first-order valence-electron chi connectivity index (χ1n) is 6.66. The Labute approximate surface area is 112 Å². The molecule has 106 valence electrons. The van der Waals surface area contributed by atoms with Gasteiger partial charge in [0.15, 0.2) is 8.32 Å². The summed E-state index contributed by atoms with van der Waals surface area (Å²) in [6.45, 7) is 15.1. The molecule has 0 saturated carbocycles. The van der Waals surface area contributed by atoms with Crippen molar-refractivity contribution in [3.63, 3.8) is 0 Å². The number of hydrogen-bond acceptors (Lipinski definition) is 4. The van der Waals surface area contributed by atoms with Crippen LogP contribution in [0.2, 0.25) is 18.1 Å². The number of carbonyl (C=O) groups is 1. The van der Waals surface area contributed by atoms with Gasteiger partial charge in [0.2, 0.25) is 0 Å². The van der Waals surface area contributed by atoms with E-state index in [1.807, 2.05) is 6.92 Å². The minimum absolute atomic E-state index is 0.123. The van der Waals surface area contributed by atoms with Crippen molar-refractivity contribution in [3.05, 3.63) is 0 Å². The van der Waals surface area contributed by atoms with Gasteiger partial charge in [0.1, 0.15) is 5.41 Å². The second-order valence-electron chi connectivity index (χ2n) is 6.65. The lowest BCUT2D eigenvalue weighted by molar-refractivity contribution is -0.161. The average Bonchev–Trinajstić information content (AvgIpc) is 2.14. The van der Waals surface area contributed by atoms with Crippen LogP contribution in [0.1, 0.15) is 27.7 Å². The molecule has 1 heterocycles. The molecule has 0 radical (unpaired) electrons. The van der Waals surface area contributed by atoms with E-state index in [9.17, 15) is 4.79 Å². The Bertz CT molecular complexity index is 306. The fourth-order valence-corrected chi connectivity index (χ4v) is 2.62. The highest BCUT2D eigenvalue weighted by Gasteiger charge is 2.48. The van der Waals surface area contributed by atoms with E-state index in [0.29, 0.717) is 26.3 Å². The molecule has 18 heavy (non-hydrogen) atoms. The molecule has 0 unspecified atom stereocenters. The van der Waals surface area contributed by atoms with Crippen LogP contribution in [-0.2, 0) is 14.0 Å². The Kier molecular flexibility index (Phi) is 4.62. The lowest BCUT2D eigenvalue weighted by Crippen LogP contribution is -2.62. The quantitative estimate of drug-likeness (QED) is 0.616. The Morgan fingerprint density at radius 1 is 1.33 bits per heavy atom. The van der Waals surface area contributed by atoms with Crippen LogP contribution in [0.4, 0.5) is 0 Å². The molecule has 0 aromatic heterocycles. The number of hydrogen-bond donors (Lipinski definition) is 1. The Hall–Kier alpha value is -0.393. The van der Waals surface area contributed by atoms with E-state index < -0.39 is 13.7 Å². The molecule has 1 saturated heterocycles. The van der Waals surface area contributed by atoms with E-state index in [1.165, 1.54) is 0 Å².